The van der Waals surface area contributed by atoms with Crippen molar-refractivity contribution in [3.8, 4) is 0 Å². The second-order valence-corrected chi connectivity index (χ2v) is 7.84. The highest BCUT2D eigenvalue weighted by Gasteiger charge is 2.10. The van der Waals surface area contributed by atoms with Gasteiger partial charge in [0.1, 0.15) is 0 Å². The molecule has 0 radical (unpaired) electrons. The number of anilines is 3. The molecule has 0 spiro atoms. The SMILES string of the molecule is CC(=O)c1ccc(Nc2nc(CNC(=O)c3ccc(N(C)C)c(C)c3)cs2)cc1. The molecule has 2 N–H and O–H groups in total. The zero-order valence-electron chi connectivity index (χ0n) is 16.9. The van der Waals surface area contributed by atoms with Crippen LogP contribution in [0, 0.1) is 6.92 Å². The first kappa shape index (κ1) is 20.5. The van der Waals surface area contributed by atoms with Crippen molar-refractivity contribution in [2.75, 3.05) is 24.3 Å². The third-order valence-electron chi connectivity index (χ3n) is 4.47. The van der Waals surface area contributed by atoms with E-state index in [-0.39, 0.29) is 11.7 Å². The van der Waals surface area contributed by atoms with Gasteiger partial charge in [-0.05, 0) is 61.9 Å². The lowest BCUT2D eigenvalue weighted by Crippen LogP contribution is -2.23. The van der Waals surface area contributed by atoms with Gasteiger partial charge >= 0.3 is 0 Å². The maximum Gasteiger partial charge on any atom is 0.251 e. The molecule has 0 aliphatic heterocycles. The number of benzene rings is 2. The number of hydrogen-bond acceptors (Lipinski definition) is 6. The zero-order valence-corrected chi connectivity index (χ0v) is 17.8. The first-order valence-corrected chi connectivity index (χ1v) is 10.1. The minimum Gasteiger partial charge on any atom is -0.377 e. The monoisotopic (exact) mass is 408 g/mol. The maximum absolute atomic E-state index is 12.4. The van der Waals surface area contributed by atoms with Crippen molar-refractivity contribution < 1.29 is 9.59 Å². The molecule has 2 aromatic carbocycles. The summed E-state index contributed by atoms with van der Waals surface area (Å²) in [4.78, 5) is 30.3. The lowest BCUT2D eigenvalue weighted by molar-refractivity contribution is 0.0949. The smallest absolute Gasteiger partial charge is 0.251 e. The quantitative estimate of drug-likeness (QED) is 0.567. The zero-order chi connectivity index (χ0) is 21.0. The molecule has 3 aromatic rings. The van der Waals surface area contributed by atoms with Gasteiger partial charge in [-0.15, -0.1) is 11.3 Å². The highest BCUT2D eigenvalue weighted by atomic mass is 32.1. The molecule has 0 saturated carbocycles. The lowest BCUT2D eigenvalue weighted by atomic mass is 10.1. The number of nitrogens with one attached hydrogen (secondary N) is 2. The third-order valence-corrected chi connectivity index (χ3v) is 5.27. The Hall–Kier alpha value is -3.19. The van der Waals surface area contributed by atoms with E-state index in [0.717, 1.165) is 27.8 Å². The molecule has 0 aliphatic rings. The Labute approximate surface area is 174 Å². The Morgan fingerprint density at radius 2 is 1.76 bits per heavy atom. The third kappa shape index (κ3) is 5.20. The van der Waals surface area contributed by atoms with E-state index in [4.69, 9.17) is 0 Å². The summed E-state index contributed by atoms with van der Waals surface area (Å²) in [5.74, 6) is -0.0869. The number of aromatic nitrogens is 1. The van der Waals surface area contributed by atoms with Crippen molar-refractivity contribution >= 4 is 39.5 Å². The summed E-state index contributed by atoms with van der Waals surface area (Å²) in [7, 11) is 3.96. The van der Waals surface area contributed by atoms with Crippen molar-refractivity contribution in [3.05, 3.63) is 70.2 Å². The Bertz CT molecular complexity index is 1030. The molecule has 29 heavy (non-hydrogen) atoms. The van der Waals surface area contributed by atoms with Crippen LogP contribution in [0.2, 0.25) is 0 Å². The number of carbonyl (C=O) groups is 2. The number of aryl methyl sites for hydroxylation is 1. The summed E-state index contributed by atoms with van der Waals surface area (Å²) < 4.78 is 0. The number of carbonyl (C=O) groups excluding carboxylic acids is 2. The molecule has 0 fully saturated rings. The van der Waals surface area contributed by atoms with E-state index >= 15 is 0 Å². The number of hydrogen-bond donors (Lipinski definition) is 2. The average Bonchev–Trinajstić information content (AvgIpc) is 3.13. The van der Waals surface area contributed by atoms with E-state index in [1.165, 1.54) is 11.3 Å². The van der Waals surface area contributed by atoms with Crippen LogP contribution in [0.15, 0.2) is 47.8 Å². The van der Waals surface area contributed by atoms with Gasteiger partial charge in [-0.2, -0.15) is 0 Å². The van der Waals surface area contributed by atoms with Crippen LogP contribution in [0.25, 0.3) is 0 Å². The molecule has 1 heterocycles. The second kappa shape index (κ2) is 8.87. The van der Waals surface area contributed by atoms with Gasteiger partial charge in [-0.3, -0.25) is 9.59 Å². The Balaban J connectivity index is 1.58. The highest BCUT2D eigenvalue weighted by molar-refractivity contribution is 7.13. The second-order valence-electron chi connectivity index (χ2n) is 6.98. The maximum atomic E-state index is 12.4. The van der Waals surface area contributed by atoms with Gasteiger partial charge in [0.25, 0.3) is 5.91 Å². The lowest BCUT2D eigenvalue weighted by Gasteiger charge is -2.16. The topological polar surface area (TPSA) is 74.3 Å². The Kier molecular flexibility index (Phi) is 6.29. The van der Waals surface area contributed by atoms with Crippen LogP contribution in [0.3, 0.4) is 0 Å². The van der Waals surface area contributed by atoms with Crippen LogP contribution in [0.5, 0.6) is 0 Å². The molecule has 0 saturated heterocycles. The highest BCUT2D eigenvalue weighted by Crippen LogP contribution is 2.22. The van der Waals surface area contributed by atoms with Gasteiger partial charge in [0.05, 0.1) is 12.2 Å². The van der Waals surface area contributed by atoms with Gasteiger partial charge < -0.3 is 15.5 Å². The molecule has 150 valence electrons. The van der Waals surface area contributed by atoms with Crippen molar-refractivity contribution in [3.63, 3.8) is 0 Å². The van der Waals surface area contributed by atoms with Gasteiger partial charge in [0, 0.05) is 42.0 Å². The summed E-state index contributed by atoms with van der Waals surface area (Å²) in [6.07, 6.45) is 0. The van der Waals surface area contributed by atoms with Crippen LogP contribution >= 0.6 is 11.3 Å². The van der Waals surface area contributed by atoms with Crippen LogP contribution in [-0.2, 0) is 6.54 Å². The molecular formula is C22H24N4O2S. The van der Waals surface area contributed by atoms with Gasteiger partial charge in [-0.25, -0.2) is 4.98 Å². The fourth-order valence-corrected chi connectivity index (χ4v) is 3.66. The van der Waals surface area contributed by atoms with Crippen molar-refractivity contribution in [1.29, 1.82) is 0 Å². The van der Waals surface area contributed by atoms with E-state index < -0.39 is 0 Å². The first-order valence-electron chi connectivity index (χ1n) is 9.22. The van der Waals surface area contributed by atoms with Crippen LogP contribution in [0.1, 0.15) is 38.9 Å². The predicted octanol–water partition coefficient (Wildman–Crippen LogP) is 4.39. The Morgan fingerprint density at radius 3 is 2.38 bits per heavy atom. The van der Waals surface area contributed by atoms with E-state index in [2.05, 4.69) is 15.6 Å². The van der Waals surface area contributed by atoms with Crippen molar-refractivity contribution in [1.82, 2.24) is 10.3 Å². The fraction of sp³-hybridized carbons (Fsp3) is 0.227. The van der Waals surface area contributed by atoms with Crippen molar-refractivity contribution in [2.45, 2.75) is 20.4 Å². The first-order chi connectivity index (χ1) is 13.8. The molecule has 3 rings (SSSR count). The number of thiazole rings is 1. The van der Waals surface area contributed by atoms with Crippen LogP contribution < -0.4 is 15.5 Å². The standard InChI is InChI=1S/C22H24N4O2S/c1-14-11-17(7-10-20(14)26(3)4)21(28)23-12-19-13-29-22(25-19)24-18-8-5-16(6-9-18)15(2)27/h5-11,13H,12H2,1-4H3,(H,23,28)(H,24,25). The number of ketones is 1. The van der Waals surface area contributed by atoms with Gasteiger partial charge in [0.2, 0.25) is 0 Å². The molecule has 7 heteroatoms. The number of Topliss-reactive ketones (excluding diaryl/α,β-unsaturated/α-hetero) is 1. The summed E-state index contributed by atoms with van der Waals surface area (Å²) in [5.41, 5.74) is 5.09. The van der Waals surface area contributed by atoms with Gasteiger partial charge in [0.15, 0.2) is 10.9 Å². The van der Waals surface area contributed by atoms with Crippen LogP contribution in [0.4, 0.5) is 16.5 Å². The minimum atomic E-state index is -0.124. The van der Waals surface area contributed by atoms with E-state index in [1.807, 2.05) is 61.6 Å². The summed E-state index contributed by atoms with van der Waals surface area (Å²) in [6.45, 7) is 3.89. The molecule has 0 aliphatic carbocycles. The largest absolute Gasteiger partial charge is 0.377 e. The molecule has 6 nitrogen and oxygen atoms in total. The summed E-state index contributed by atoms with van der Waals surface area (Å²) in [5, 5.41) is 8.77. The molecular weight excluding hydrogens is 384 g/mol. The molecule has 1 aromatic heterocycles. The molecule has 0 unspecified atom stereocenters. The van der Waals surface area contributed by atoms with Gasteiger partial charge in [-0.1, -0.05) is 0 Å². The predicted molar refractivity (Wildman–Crippen MR) is 119 cm³/mol. The number of amides is 1. The molecule has 0 bridgehead atoms. The minimum absolute atomic E-state index is 0.0374. The number of nitrogens with zero attached hydrogens (tertiary/aromatic N) is 2. The van der Waals surface area contributed by atoms with Crippen molar-refractivity contribution in [2.24, 2.45) is 0 Å². The van der Waals surface area contributed by atoms with Crippen LogP contribution in [-0.4, -0.2) is 30.8 Å². The number of rotatable bonds is 7. The van der Waals surface area contributed by atoms with E-state index in [1.54, 1.807) is 19.1 Å². The fourth-order valence-electron chi connectivity index (χ4n) is 2.93. The van der Waals surface area contributed by atoms with E-state index in [9.17, 15) is 9.59 Å². The Morgan fingerprint density at radius 1 is 1.07 bits per heavy atom. The average molecular weight is 409 g/mol. The molecule has 0 atom stereocenters. The molecule has 1 amide bonds. The normalized spacial score (nSPS) is 10.5. The summed E-state index contributed by atoms with van der Waals surface area (Å²) in [6, 6.07) is 12.9. The van der Waals surface area contributed by atoms with E-state index in [0.29, 0.717) is 17.7 Å². The summed E-state index contributed by atoms with van der Waals surface area (Å²) >= 11 is 1.46.